The lowest BCUT2D eigenvalue weighted by Gasteiger charge is -2.16. The van der Waals surface area contributed by atoms with Gasteiger partial charge in [0, 0.05) is 31.6 Å². The van der Waals surface area contributed by atoms with Crippen LogP contribution in [0.25, 0.3) is 0 Å². The number of rotatable bonds is 6. The minimum absolute atomic E-state index is 0.0220. The second-order valence-corrected chi connectivity index (χ2v) is 6.53. The van der Waals surface area contributed by atoms with Crippen LogP contribution in [0.1, 0.15) is 12.0 Å². The number of nitro benzene ring substituents is 1. The van der Waals surface area contributed by atoms with Gasteiger partial charge in [-0.3, -0.25) is 19.7 Å². The van der Waals surface area contributed by atoms with Crippen molar-refractivity contribution in [1.82, 2.24) is 4.90 Å². The molecule has 9 heteroatoms. The first-order valence-electron chi connectivity index (χ1n) is 8.60. The summed E-state index contributed by atoms with van der Waals surface area (Å²) >= 11 is 0. The molecule has 1 aliphatic heterocycles. The van der Waals surface area contributed by atoms with Gasteiger partial charge in [-0.2, -0.15) is 0 Å². The van der Waals surface area contributed by atoms with Crippen molar-refractivity contribution in [2.75, 3.05) is 18.4 Å². The Labute approximate surface area is 159 Å². The van der Waals surface area contributed by atoms with Gasteiger partial charge in [-0.15, -0.1) is 0 Å². The highest BCUT2D eigenvalue weighted by atomic mass is 19.1. The van der Waals surface area contributed by atoms with Crippen molar-refractivity contribution in [2.24, 2.45) is 5.92 Å². The summed E-state index contributed by atoms with van der Waals surface area (Å²) in [6, 6.07) is 8.78. The van der Waals surface area contributed by atoms with E-state index in [4.69, 9.17) is 0 Å². The average molecular weight is 389 g/mol. The quantitative estimate of drug-likeness (QED) is 0.607. The Morgan fingerprint density at radius 2 is 1.93 bits per heavy atom. The van der Waals surface area contributed by atoms with E-state index in [-0.39, 0.29) is 36.1 Å². The van der Waals surface area contributed by atoms with E-state index < -0.39 is 22.6 Å². The molecule has 1 saturated heterocycles. The standard InChI is InChI=1S/C19H17F2N3O4/c20-14-3-1-12(2-4-14)7-8-23-11-13(9-18(23)25)19(26)22-17-10-15(24(27)28)5-6-16(17)21/h1-6,10,13H,7-9,11H2,(H,22,26)/t13-/m1/s1. The normalized spacial score (nSPS) is 16.3. The number of likely N-dealkylation sites (tertiary alicyclic amines) is 1. The summed E-state index contributed by atoms with van der Waals surface area (Å²) in [4.78, 5) is 36.2. The van der Waals surface area contributed by atoms with Crippen LogP contribution in [-0.4, -0.2) is 34.7 Å². The summed E-state index contributed by atoms with van der Waals surface area (Å²) in [5, 5.41) is 13.1. The molecule has 1 atom stereocenters. The third-order valence-electron chi connectivity index (χ3n) is 4.59. The Kier molecular flexibility index (Phi) is 5.62. The summed E-state index contributed by atoms with van der Waals surface area (Å²) in [6.07, 6.45) is 0.492. The molecule has 146 valence electrons. The van der Waals surface area contributed by atoms with E-state index in [1.807, 2.05) is 0 Å². The van der Waals surface area contributed by atoms with Gasteiger partial charge < -0.3 is 10.2 Å². The molecule has 0 bridgehead atoms. The van der Waals surface area contributed by atoms with E-state index >= 15 is 0 Å². The summed E-state index contributed by atoms with van der Waals surface area (Å²) in [7, 11) is 0. The van der Waals surface area contributed by atoms with E-state index in [9.17, 15) is 28.5 Å². The Morgan fingerprint density at radius 3 is 2.61 bits per heavy atom. The predicted octanol–water partition coefficient (Wildman–Crippen LogP) is 2.90. The second-order valence-electron chi connectivity index (χ2n) is 6.53. The lowest BCUT2D eigenvalue weighted by molar-refractivity contribution is -0.384. The van der Waals surface area contributed by atoms with Crippen molar-refractivity contribution in [1.29, 1.82) is 0 Å². The number of hydrogen-bond donors (Lipinski definition) is 1. The van der Waals surface area contributed by atoms with Gasteiger partial charge in [0.05, 0.1) is 16.5 Å². The molecule has 0 spiro atoms. The number of benzene rings is 2. The van der Waals surface area contributed by atoms with Gasteiger partial charge in [0.25, 0.3) is 5.69 Å². The molecule has 0 unspecified atom stereocenters. The first kappa shape index (κ1) is 19.4. The minimum atomic E-state index is -0.795. The van der Waals surface area contributed by atoms with E-state index in [1.54, 1.807) is 12.1 Å². The first-order chi connectivity index (χ1) is 13.3. The zero-order valence-electron chi connectivity index (χ0n) is 14.7. The van der Waals surface area contributed by atoms with Gasteiger partial charge >= 0.3 is 0 Å². The summed E-state index contributed by atoms with van der Waals surface area (Å²) < 4.78 is 26.8. The number of non-ortho nitro benzene ring substituents is 1. The maximum atomic E-state index is 13.8. The van der Waals surface area contributed by atoms with Crippen LogP contribution in [0, 0.1) is 27.7 Å². The van der Waals surface area contributed by atoms with Crippen molar-refractivity contribution in [3.05, 3.63) is 69.8 Å². The highest BCUT2D eigenvalue weighted by Gasteiger charge is 2.34. The zero-order chi connectivity index (χ0) is 20.3. The van der Waals surface area contributed by atoms with Crippen molar-refractivity contribution in [2.45, 2.75) is 12.8 Å². The topological polar surface area (TPSA) is 92.5 Å². The molecule has 0 saturated carbocycles. The molecule has 28 heavy (non-hydrogen) atoms. The number of nitrogens with one attached hydrogen (secondary N) is 1. The van der Waals surface area contributed by atoms with Gasteiger partial charge in [0.15, 0.2) is 0 Å². The molecule has 0 aromatic heterocycles. The van der Waals surface area contributed by atoms with Gasteiger partial charge in [-0.25, -0.2) is 8.78 Å². The molecular weight excluding hydrogens is 372 g/mol. The smallest absolute Gasteiger partial charge is 0.271 e. The first-order valence-corrected chi connectivity index (χ1v) is 8.60. The third-order valence-corrected chi connectivity index (χ3v) is 4.59. The largest absolute Gasteiger partial charge is 0.342 e. The number of carbonyl (C=O) groups is 2. The molecule has 1 N–H and O–H groups in total. The van der Waals surface area contributed by atoms with E-state index in [0.717, 1.165) is 23.8 Å². The molecule has 1 aliphatic rings. The lowest BCUT2D eigenvalue weighted by Crippen LogP contribution is -2.30. The van der Waals surface area contributed by atoms with E-state index in [1.165, 1.54) is 17.0 Å². The minimum Gasteiger partial charge on any atom is -0.342 e. The maximum Gasteiger partial charge on any atom is 0.271 e. The van der Waals surface area contributed by atoms with Crippen molar-refractivity contribution in [3.8, 4) is 0 Å². The molecular formula is C19H17F2N3O4. The summed E-state index contributed by atoms with van der Waals surface area (Å²) in [5.41, 5.74) is 0.220. The molecule has 2 amide bonds. The van der Waals surface area contributed by atoms with Crippen LogP contribution in [0.4, 0.5) is 20.2 Å². The van der Waals surface area contributed by atoms with Crippen molar-refractivity contribution < 1.29 is 23.3 Å². The lowest BCUT2D eigenvalue weighted by atomic mass is 10.1. The number of amides is 2. The van der Waals surface area contributed by atoms with Crippen LogP contribution < -0.4 is 5.32 Å². The molecule has 0 radical (unpaired) electrons. The Hall–Kier alpha value is -3.36. The molecule has 3 rings (SSSR count). The predicted molar refractivity (Wildman–Crippen MR) is 96.5 cm³/mol. The van der Waals surface area contributed by atoms with Crippen LogP contribution in [0.3, 0.4) is 0 Å². The monoisotopic (exact) mass is 389 g/mol. The fourth-order valence-electron chi connectivity index (χ4n) is 3.04. The molecule has 2 aromatic carbocycles. The van der Waals surface area contributed by atoms with Gasteiger partial charge in [-0.1, -0.05) is 12.1 Å². The molecule has 2 aromatic rings. The Balaban J connectivity index is 1.60. The summed E-state index contributed by atoms with van der Waals surface area (Å²) in [5.74, 6) is -2.60. The Bertz CT molecular complexity index is 918. The van der Waals surface area contributed by atoms with E-state index in [0.29, 0.717) is 13.0 Å². The fourth-order valence-corrected chi connectivity index (χ4v) is 3.04. The molecule has 0 aliphatic carbocycles. The molecule has 1 fully saturated rings. The van der Waals surface area contributed by atoms with Crippen LogP contribution in [0.15, 0.2) is 42.5 Å². The highest BCUT2D eigenvalue weighted by molar-refractivity contribution is 5.97. The number of nitrogens with zero attached hydrogens (tertiary/aromatic N) is 2. The van der Waals surface area contributed by atoms with Crippen LogP contribution >= 0.6 is 0 Å². The third kappa shape index (κ3) is 4.48. The number of hydrogen-bond acceptors (Lipinski definition) is 4. The highest BCUT2D eigenvalue weighted by Crippen LogP contribution is 2.24. The van der Waals surface area contributed by atoms with Crippen molar-refractivity contribution in [3.63, 3.8) is 0 Å². The second kappa shape index (κ2) is 8.12. The number of nitro groups is 1. The van der Waals surface area contributed by atoms with Gasteiger partial charge in [-0.05, 0) is 30.2 Å². The fraction of sp³-hybridized carbons (Fsp3) is 0.263. The zero-order valence-corrected chi connectivity index (χ0v) is 14.7. The average Bonchev–Trinajstić information content (AvgIpc) is 3.04. The van der Waals surface area contributed by atoms with Gasteiger partial charge in [0.2, 0.25) is 11.8 Å². The Morgan fingerprint density at radius 1 is 1.21 bits per heavy atom. The van der Waals surface area contributed by atoms with Crippen LogP contribution in [0.2, 0.25) is 0 Å². The van der Waals surface area contributed by atoms with Crippen LogP contribution in [0.5, 0.6) is 0 Å². The SMILES string of the molecule is O=C(Nc1cc([N+](=O)[O-])ccc1F)[C@@H]1CC(=O)N(CCc2ccc(F)cc2)C1. The van der Waals surface area contributed by atoms with Crippen molar-refractivity contribution >= 4 is 23.2 Å². The van der Waals surface area contributed by atoms with E-state index in [2.05, 4.69) is 5.32 Å². The number of halogens is 2. The van der Waals surface area contributed by atoms with Gasteiger partial charge in [0.1, 0.15) is 11.6 Å². The summed E-state index contributed by atoms with van der Waals surface area (Å²) in [6.45, 7) is 0.543. The number of carbonyl (C=O) groups excluding carboxylic acids is 2. The van der Waals surface area contributed by atoms with Crippen LogP contribution in [-0.2, 0) is 16.0 Å². The molecule has 1 heterocycles. The number of anilines is 1. The molecule has 7 nitrogen and oxygen atoms in total. The maximum absolute atomic E-state index is 13.8.